The Labute approximate surface area is 72.1 Å². The van der Waals surface area contributed by atoms with E-state index in [2.05, 4.69) is 31.8 Å². The first-order valence-electron chi connectivity index (χ1n) is 2.89. The lowest BCUT2D eigenvalue weighted by molar-refractivity contribution is -0.109. The molecule has 0 atom stereocenters. The molecular weight excluding hydrogens is 210 g/mol. The predicted octanol–water partition coefficient (Wildman–Crippen LogP) is 0.917. The van der Waals surface area contributed by atoms with E-state index >= 15 is 0 Å². The summed E-state index contributed by atoms with van der Waals surface area (Å²) in [6.45, 7) is 0. The SMILES string of the molecule is O=CNNc1ccc(Br)cn1. The molecule has 1 aromatic heterocycles. The van der Waals surface area contributed by atoms with E-state index < -0.39 is 0 Å². The molecule has 0 aromatic carbocycles. The number of carbonyl (C=O) groups is 1. The van der Waals surface area contributed by atoms with Crippen LogP contribution in [-0.4, -0.2) is 11.4 Å². The summed E-state index contributed by atoms with van der Waals surface area (Å²) in [5.74, 6) is 0.598. The zero-order valence-electron chi connectivity index (χ0n) is 5.54. The standard InChI is InChI=1S/C6H6BrN3O/c7-5-1-2-6(8-3-5)10-9-4-11/h1-4H,(H,8,10)(H,9,11). The number of pyridine rings is 1. The van der Waals surface area contributed by atoms with Crippen LogP contribution in [0, 0.1) is 0 Å². The largest absolute Gasteiger partial charge is 0.282 e. The molecule has 0 unspecified atom stereocenters. The second kappa shape index (κ2) is 3.92. The van der Waals surface area contributed by atoms with Gasteiger partial charge < -0.3 is 0 Å². The lowest BCUT2D eigenvalue weighted by atomic mass is 10.5. The van der Waals surface area contributed by atoms with E-state index in [0.29, 0.717) is 12.2 Å². The van der Waals surface area contributed by atoms with Gasteiger partial charge in [-0.1, -0.05) is 0 Å². The lowest BCUT2D eigenvalue weighted by Gasteiger charge is -2.00. The third-order valence-electron chi connectivity index (χ3n) is 0.987. The second-order valence-electron chi connectivity index (χ2n) is 1.75. The third kappa shape index (κ3) is 2.55. The average molecular weight is 216 g/mol. The molecular formula is C6H6BrN3O. The van der Waals surface area contributed by atoms with Crippen molar-refractivity contribution < 1.29 is 4.79 Å². The highest BCUT2D eigenvalue weighted by atomic mass is 79.9. The quantitative estimate of drug-likeness (QED) is 0.583. The maximum Gasteiger partial charge on any atom is 0.225 e. The number of nitrogens with zero attached hydrogens (tertiary/aromatic N) is 1. The minimum absolute atomic E-state index is 0.545. The van der Waals surface area contributed by atoms with Gasteiger partial charge in [0.2, 0.25) is 6.41 Å². The van der Waals surface area contributed by atoms with Gasteiger partial charge in [0.05, 0.1) is 0 Å². The minimum Gasteiger partial charge on any atom is -0.282 e. The summed E-state index contributed by atoms with van der Waals surface area (Å²) in [6, 6.07) is 3.56. The van der Waals surface area contributed by atoms with Gasteiger partial charge >= 0.3 is 0 Å². The number of nitrogens with one attached hydrogen (secondary N) is 2. The van der Waals surface area contributed by atoms with Crippen molar-refractivity contribution in [1.82, 2.24) is 10.4 Å². The van der Waals surface area contributed by atoms with Crippen molar-refractivity contribution >= 4 is 28.2 Å². The number of carbonyl (C=O) groups excluding carboxylic acids is 1. The van der Waals surface area contributed by atoms with Gasteiger partial charge in [0.25, 0.3) is 0 Å². The highest BCUT2D eigenvalue weighted by Gasteiger charge is 1.89. The minimum atomic E-state index is 0.545. The molecule has 0 bridgehead atoms. The first kappa shape index (κ1) is 8.00. The van der Waals surface area contributed by atoms with Crippen LogP contribution in [0.4, 0.5) is 5.82 Å². The Kier molecular flexibility index (Phi) is 2.85. The van der Waals surface area contributed by atoms with Gasteiger partial charge in [0.1, 0.15) is 5.82 Å². The van der Waals surface area contributed by atoms with E-state index in [1.165, 1.54) is 0 Å². The molecule has 0 aliphatic heterocycles. The normalized spacial score (nSPS) is 8.82. The molecule has 2 N–H and O–H groups in total. The number of hydrazine groups is 1. The van der Waals surface area contributed by atoms with Crippen molar-refractivity contribution in [3.05, 3.63) is 22.8 Å². The molecule has 1 amide bonds. The topological polar surface area (TPSA) is 54.0 Å². The number of hydrogen-bond donors (Lipinski definition) is 2. The summed E-state index contributed by atoms with van der Waals surface area (Å²) in [4.78, 5) is 13.8. The number of hydrogen-bond acceptors (Lipinski definition) is 3. The Morgan fingerprint density at radius 1 is 1.55 bits per heavy atom. The number of amides is 1. The van der Waals surface area contributed by atoms with Crippen LogP contribution >= 0.6 is 15.9 Å². The molecule has 0 aliphatic carbocycles. The zero-order chi connectivity index (χ0) is 8.10. The molecule has 0 spiro atoms. The predicted molar refractivity (Wildman–Crippen MR) is 44.8 cm³/mol. The zero-order valence-corrected chi connectivity index (χ0v) is 7.13. The average Bonchev–Trinajstić information content (AvgIpc) is 2.04. The van der Waals surface area contributed by atoms with Crippen LogP contribution in [0.3, 0.4) is 0 Å². The molecule has 0 fully saturated rings. The van der Waals surface area contributed by atoms with Crippen molar-refractivity contribution in [3.63, 3.8) is 0 Å². The molecule has 5 heteroatoms. The summed E-state index contributed by atoms with van der Waals surface area (Å²) in [7, 11) is 0. The monoisotopic (exact) mass is 215 g/mol. The van der Waals surface area contributed by atoms with Crippen LogP contribution < -0.4 is 10.9 Å². The first-order chi connectivity index (χ1) is 5.33. The number of aromatic nitrogens is 1. The highest BCUT2D eigenvalue weighted by molar-refractivity contribution is 9.10. The van der Waals surface area contributed by atoms with Gasteiger partial charge in [-0.05, 0) is 28.1 Å². The fourth-order valence-corrected chi connectivity index (χ4v) is 0.788. The van der Waals surface area contributed by atoms with Crippen LogP contribution in [0.15, 0.2) is 22.8 Å². The van der Waals surface area contributed by atoms with Gasteiger partial charge in [0.15, 0.2) is 0 Å². The Morgan fingerprint density at radius 2 is 2.36 bits per heavy atom. The second-order valence-corrected chi connectivity index (χ2v) is 2.66. The Hall–Kier alpha value is -1.10. The molecule has 0 saturated heterocycles. The van der Waals surface area contributed by atoms with Crippen molar-refractivity contribution in [1.29, 1.82) is 0 Å². The molecule has 0 saturated carbocycles. The molecule has 0 aliphatic rings. The van der Waals surface area contributed by atoms with E-state index in [4.69, 9.17) is 0 Å². The number of anilines is 1. The van der Waals surface area contributed by atoms with Crippen molar-refractivity contribution in [2.75, 3.05) is 5.43 Å². The Bertz CT molecular complexity index is 236. The highest BCUT2D eigenvalue weighted by Crippen LogP contribution is 2.09. The van der Waals surface area contributed by atoms with Gasteiger partial charge in [-0.15, -0.1) is 0 Å². The first-order valence-corrected chi connectivity index (χ1v) is 3.69. The molecule has 1 aromatic rings. The summed E-state index contributed by atoms with van der Waals surface area (Å²) in [5.41, 5.74) is 4.85. The van der Waals surface area contributed by atoms with Crippen LogP contribution in [0.1, 0.15) is 0 Å². The summed E-state index contributed by atoms with van der Waals surface area (Å²) < 4.78 is 0.897. The van der Waals surface area contributed by atoms with Crippen LogP contribution in [0.2, 0.25) is 0 Å². The van der Waals surface area contributed by atoms with E-state index in [9.17, 15) is 4.79 Å². The van der Waals surface area contributed by atoms with E-state index in [1.54, 1.807) is 12.3 Å². The summed E-state index contributed by atoms with van der Waals surface area (Å²) in [5, 5.41) is 0. The fraction of sp³-hybridized carbons (Fsp3) is 0. The van der Waals surface area contributed by atoms with Gasteiger partial charge in [0, 0.05) is 10.7 Å². The van der Waals surface area contributed by atoms with Crippen molar-refractivity contribution in [2.24, 2.45) is 0 Å². The molecule has 58 valence electrons. The van der Waals surface area contributed by atoms with Crippen molar-refractivity contribution in [2.45, 2.75) is 0 Å². The van der Waals surface area contributed by atoms with E-state index in [-0.39, 0.29) is 0 Å². The van der Waals surface area contributed by atoms with Gasteiger partial charge in [-0.3, -0.25) is 15.6 Å². The number of halogens is 1. The summed E-state index contributed by atoms with van der Waals surface area (Å²) in [6.07, 6.45) is 2.18. The lowest BCUT2D eigenvalue weighted by Crippen LogP contribution is -2.19. The Balaban J connectivity index is 2.58. The maximum atomic E-state index is 9.83. The smallest absolute Gasteiger partial charge is 0.225 e. The van der Waals surface area contributed by atoms with Crippen LogP contribution in [0.5, 0.6) is 0 Å². The number of rotatable bonds is 3. The van der Waals surface area contributed by atoms with Crippen LogP contribution in [0.25, 0.3) is 0 Å². The third-order valence-corrected chi connectivity index (χ3v) is 1.46. The van der Waals surface area contributed by atoms with Crippen molar-refractivity contribution in [3.8, 4) is 0 Å². The fourth-order valence-electron chi connectivity index (χ4n) is 0.553. The molecule has 1 rings (SSSR count). The molecule has 11 heavy (non-hydrogen) atoms. The van der Waals surface area contributed by atoms with Gasteiger partial charge in [-0.2, -0.15) is 0 Å². The van der Waals surface area contributed by atoms with Gasteiger partial charge in [-0.25, -0.2) is 4.98 Å². The van der Waals surface area contributed by atoms with E-state index in [0.717, 1.165) is 4.47 Å². The molecule has 1 heterocycles. The summed E-state index contributed by atoms with van der Waals surface area (Å²) >= 11 is 3.23. The molecule has 4 nitrogen and oxygen atoms in total. The molecule has 0 radical (unpaired) electrons. The van der Waals surface area contributed by atoms with Crippen LogP contribution in [-0.2, 0) is 4.79 Å². The van der Waals surface area contributed by atoms with E-state index in [1.807, 2.05) is 6.07 Å². The Morgan fingerprint density at radius 3 is 2.91 bits per heavy atom. The maximum absolute atomic E-state index is 9.83.